The van der Waals surface area contributed by atoms with Crippen LogP contribution >= 0.6 is 11.6 Å². The predicted molar refractivity (Wildman–Crippen MR) is 56.0 cm³/mol. The summed E-state index contributed by atoms with van der Waals surface area (Å²) < 4.78 is 12.9. The van der Waals surface area contributed by atoms with Crippen molar-refractivity contribution in [3.8, 4) is 0 Å². The maximum Gasteiger partial charge on any atom is 0.141 e. The Morgan fingerprint density at radius 3 is 2.86 bits per heavy atom. The van der Waals surface area contributed by atoms with E-state index in [0.717, 1.165) is 18.5 Å². The molecule has 76 valence electrons. The van der Waals surface area contributed by atoms with Crippen LogP contribution in [0.2, 0.25) is 5.02 Å². The molecule has 3 heteroatoms. The third-order valence-corrected chi connectivity index (χ3v) is 2.95. The third-order valence-electron chi connectivity index (χ3n) is 2.66. The molecule has 1 N–H and O–H groups in total. The Morgan fingerprint density at radius 2 is 2.21 bits per heavy atom. The molecule has 0 saturated carbocycles. The molecule has 1 nitrogen and oxygen atoms in total. The second-order valence-electron chi connectivity index (χ2n) is 3.68. The highest BCUT2D eigenvalue weighted by Gasteiger charge is 2.15. The van der Waals surface area contributed by atoms with Crippen LogP contribution in [0.4, 0.5) is 4.39 Å². The molecule has 0 unspecified atom stereocenters. The van der Waals surface area contributed by atoms with Crippen LogP contribution in [0.3, 0.4) is 0 Å². The van der Waals surface area contributed by atoms with E-state index in [1.54, 1.807) is 6.07 Å². The highest BCUT2D eigenvalue weighted by atomic mass is 35.5. The first-order chi connectivity index (χ1) is 6.77. The summed E-state index contributed by atoms with van der Waals surface area (Å²) in [5, 5.41) is 3.62. The first-order valence-electron chi connectivity index (χ1n) is 4.96. The predicted octanol–water partition coefficient (Wildman–Crippen LogP) is 3.29. The Kier molecular flexibility index (Phi) is 3.04. The van der Waals surface area contributed by atoms with Crippen molar-refractivity contribution in [3.63, 3.8) is 0 Å². The number of hydrogen-bond donors (Lipinski definition) is 1. The zero-order chi connectivity index (χ0) is 9.97. The van der Waals surface area contributed by atoms with Crippen molar-refractivity contribution in [3.05, 3.63) is 34.6 Å². The minimum Gasteiger partial charge on any atom is -0.310 e. The van der Waals surface area contributed by atoms with Gasteiger partial charge in [-0.15, -0.1) is 0 Å². The van der Waals surface area contributed by atoms with Gasteiger partial charge in [0.2, 0.25) is 0 Å². The molecular formula is C11H13ClFN. The molecular weight excluding hydrogens is 201 g/mol. The minimum atomic E-state index is -0.341. The van der Waals surface area contributed by atoms with Gasteiger partial charge in [0.15, 0.2) is 0 Å². The van der Waals surface area contributed by atoms with E-state index in [4.69, 9.17) is 11.6 Å². The molecule has 1 fully saturated rings. The van der Waals surface area contributed by atoms with Crippen LogP contribution < -0.4 is 5.32 Å². The van der Waals surface area contributed by atoms with Crippen molar-refractivity contribution in [1.82, 2.24) is 5.32 Å². The molecule has 1 aliphatic rings. The average Bonchev–Trinajstić information content (AvgIpc) is 2.23. The Balaban J connectivity index is 2.18. The van der Waals surface area contributed by atoms with Crippen LogP contribution in [0.1, 0.15) is 30.9 Å². The van der Waals surface area contributed by atoms with Crippen LogP contribution in [0, 0.1) is 5.82 Å². The SMILES string of the molecule is Fc1ccc([C@H]2CCCCN2)cc1Cl. The van der Waals surface area contributed by atoms with Crippen LogP contribution in [-0.2, 0) is 0 Å². The van der Waals surface area contributed by atoms with E-state index in [1.165, 1.54) is 18.9 Å². The van der Waals surface area contributed by atoms with Crippen molar-refractivity contribution < 1.29 is 4.39 Å². The van der Waals surface area contributed by atoms with Crippen molar-refractivity contribution in [2.24, 2.45) is 0 Å². The normalized spacial score (nSPS) is 22.3. The second kappa shape index (κ2) is 4.28. The molecule has 2 rings (SSSR count). The first kappa shape index (κ1) is 9.94. The van der Waals surface area contributed by atoms with E-state index in [2.05, 4.69) is 5.32 Å². The van der Waals surface area contributed by atoms with Crippen LogP contribution in [-0.4, -0.2) is 6.54 Å². The van der Waals surface area contributed by atoms with Crippen LogP contribution in [0.5, 0.6) is 0 Å². The molecule has 1 atom stereocenters. The molecule has 0 radical (unpaired) electrons. The smallest absolute Gasteiger partial charge is 0.141 e. The zero-order valence-electron chi connectivity index (χ0n) is 7.89. The quantitative estimate of drug-likeness (QED) is 0.755. The molecule has 0 spiro atoms. The van der Waals surface area contributed by atoms with Gasteiger partial charge in [0.1, 0.15) is 5.82 Å². The standard InChI is InChI=1S/C11H13ClFN/c12-9-7-8(4-5-10(9)13)11-3-1-2-6-14-11/h4-5,7,11,14H,1-3,6H2/t11-/m1/s1. The summed E-state index contributed by atoms with van der Waals surface area (Å²) in [6.07, 6.45) is 3.57. The van der Waals surface area contributed by atoms with Crippen molar-refractivity contribution >= 4 is 11.6 Å². The minimum absolute atomic E-state index is 0.217. The van der Waals surface area contributed by atoms with Gasteiger partial charge in [-0.25, -0.2) is 4.39 Å². The van der Waals surface area contributed by atoms with Crippen molar-refractivity contribution in [2.45, 2.75) is 25.3 Å². The fraction of sp³-hybridized carbons (Fsp3) is 0.455. The number of benzene rings is 1. The molecule has 1 heterocycles. The number of rotatable bonds is 1. The Hall–Kier alpha value is -0.600. The molecule has 0 aliphatic carbocycles. The lowest BCUT2D eigenvalue weighted by atomic mass is 9.98. The first-order valence-corrected chi connectivity index (χ1v) is 5.33. The maximum atomic E-state index is 12.9. The van der Waals surface area contributed by atoms with Crippen LogP contribution in [0.25, 0.3) is 0 Å². The van der Waals surface area contributed by atoms with Gasteiger partial charge in [-0.2, -0.15) is 0 Å². The zero-order valence-corrected chi connectivity index (χ0v) is 8.65. The summed E-state index contributed by atoms with van der Waals surface area (Å²) in [4.78, 5) is 0. The lowest BCUT2D eigenvalue weighted by Crippen LogP contribution is -2.26. The van der Waals surface area contributed by atoms with E-state index in [1.807, 2.05) is 6.07 Å². The highest BCUT2D eigenvalue weighted by Crippen LogP contribution is 2.26. The van der Waals surface area contributed by atoms with E-state index < -0.39 is 0 Å². The molecule has 14 heavy (non-hydrogen) atoms. The summed E-state index contributed by atoms with van der Waals surface area (Å²) >= 11 is 5.73. The molecule has 0 amide bonds. The number of hydrogen-bond acceptors (Lipinski definition) is 1. The highest BCUT2D eigenvalue weighted by molar-refractivity contribution is 6.30. The number of nitrogens with one attached hydrogen (secondary N) is 1. The molecule has 1 aromatic carbocycles. The lowest BCUT2D eigenvalue weighted by molar-refractivity contribution is 0.412. The number of piperidine rings is 1. The summed E-state index contributed by atoms with van der Waals surface area (Å²) in [6, 6.07) is 5.32. The second-order valence-corrected chi connectivity index (χ2v) is 4.08. The van der Waals surface area contributed by atoms with E-state index >= 15 is 0 Å². The molecule has 1 aliphatic heterocycles. The van der Waals surface area contributed by atoms with E-state index in [0.29, 0.717) is 6.04 Å². The lowest BCUT2D eigenvalue weighted by Gasteiger charge is -2.23. The van der Waals surface area contributed by atoms with Gasteiger partial charge in [-0.3, -0.25) is 0 Å². The fourth-order valence-corrected chi connectivity index (χ4v) is 2.05. The van der Waals surface area contributed by atoms with Crippen molar-refractivity contribution in [2.75, 3.05) is 6.54 Å². The summed E-state index contributed by atoms with van der Waals surface area (Å²) in [7, 11) is 0. The third kappa shape index (κ3) is 2.07. The van der Waals surface area contributed by atoms with Gasteiger partial charge in [0.05, 0.1) is 5.02 Å². The van der Waals surface area contributed by atoms with Gasteiger partial charge in [0, 0.05) is 6.04 Å². The van der Waals surface area contributed by atoms with E-state index in [9.17, 15) is 4.39 Å². The summed E-state index contributed by atoms with van der Waals surface area (Å²) in [5.74, 6) is -0.341. The van der Waals surface area contributed by atoms with Gasteiger partial charge >= 0.3 is 0 Å². The fourth-order valence-electron chi connectivity index (χ4n) is 1.87. The Bertz CT molecular complexity index is 321. The number of halogens is 2. The molecule has 1 aromatic rings. The summed E-state index contributed by atoms with van der Waals surface area (Å²) in [6.45, 7) is 1.04. The topological polar surface area (TPSA) is 12.0 Å². The van der Waals surface area contributed by atoms with Crippen LogP contribution in [0.15, 0.2) is 18.2 Å². The largest absolute Gasteiger partial charge is 0.310 e. The van der Waals surface area contributed by atoms with Gasteiger partial charge < -0.3 is 5.32 Å². The molecule has 0 aromatic heterocycles. The monoisotopic (exact) mass is 213 g/mol. The summed E-state index contributed by atoms with van der Waals surface area (Å²) in [5.41, 5.74) is 1.09. The van der Waals surface area contributed by atoms with Gasteiger partial charge in [-0.1, -0.05) is 24.1 Å². The maximum absolute atomic E-state index is 12.9. The van der Waals surface area contributed by atoms with Gasteiger partial charge in [-0.05, 0) is 37.1 Å². The van der Waals surface area contributed by atoms with Gasteiger partial charge in [0.25, 0.3) is 0 Å². The molecule has 0 bridgehead atoms. The Morgan fingerprint density at radius 1 is 1.36 bits per heavy atom. The van der Waals surface area contributed by atoms with E-state index in [-0.39, 0.29) is 10.8 Å². The Labute approximate surface area is 88.3 Å². The molecule has 1 saturated heterocycles. The average molecular weight is 214 g/mol. The van der Waals surface area contributed by atoms with Crippen molar-refractivity contribution in [1.29, 1.82) is 0 Å².